The minimum absolute atomic E-state index is 0.298. The summed E-state index contributed by atoms with van der Waals surface area (Å²) in [5.41, 5.74) is 1.07. The van der Waals surface area contributed by atoms with E-state index in [1.54, 1.807) is 0 Å². The SMILES string of the molecule is OC(c1ccccc1)C1CCN(C2CCOCC2)CC1. The van der Waals surface area contributed by atoms with Crippen LogP contribution in [0.15, 0.2) is 30.3 Å². The number of nitrogens with zero attached hydrogens (tertiary/aromatic N) is 1. The molecule has 0 spiro atoms. The molecular weight excluding hydrogens is 250 g/mol. The number of ether oxygens (including phenoxy) is 1. The lowest BCUT2D eigenvalue weighted by Gasteiger charge is -2.40. The van der Waals surface area contributed by atoms with Crippen molar-refractivity contribution >= 4 is 0 Å². The van der Waals surface area contributed by atoms with Gasteiger partial charge in [0.1, 0.15) is 0 Å². The molecule has 0 radical (unpaired) electrons. The van der Waals surface area contributed by atoms with E-state index < -0.39 is 0 Å². The van der Waals surface area contributed by atoms with Gasteiger partial charge in [0, 0.05) is 19.3 Å². The van der Waals surface area contributed by atoms with E-state index in [9.17, 15) is 5.11 Å². The van der Waals surface area contributed by atoms with Crippen LogP contribution >= 0.6 is 0 Å². The van der Waals surface area contributed by atoms with Gasteiger partial charge in [-0.1, -0.05) is 30.3 Å². The summed E-state index contributed by atoms with van der Waals surface area (Å²) in [4.78, 5) is 2.61. The van der Waals surface area contributed by atoms with E-state index in [-0.39, 0.29) is 6.10 Å². The fourth-order valence-electron chi connectivity index (χ4n) is 3.57. The van der Waals surface area contributed by atoms with Gasteiger partial charge >= 0.3 is 0 Å². The molecular formula is C17H25NO2. The highest BCUT2D eigenvalue weighted by atomic mass is 16.5. The van der Waals surface area contributed by atoms with E-state index >= 15 is 0 Å². The van der Waals surface area contributed by atoms with Crippen LogP contribution in [0.4, 0.5) is 0 Å². The zero-order valence-corrected chi connectivity index (χ0v) is 12.1. The average molecular weight is 275 g/mol. The molecule has 0 aliphatic carbocycles. The Bertz CT molecular complexity index is 395. The topological polar surface area (TPSA) is 32.7 Å². The van der Waals surface area contributed by atoms with Gasteiger partial charge in [0.15, 0.2) is 0 Å². The molecule has 3 heteroatoms. The molecule has 1 aromatic carbocycles. The molecule has 2 saturated heterocycles. The number of likely N-dealkylation sites (tertiary alicyclic amines) is 1. The van der Waals surface area contributed by atoms with E-state index in [0.29, 0.717) is 12.0 Å². The third-order valence-corrected chi connectivity index (χ3v) is 4.87. The minimum atomic E-state index is -0.298. The minimum Gasteiger partial charge on any atom is -0.388 e. The van der Waals surface area contributed by atoms with Crippen LogP contribution in [0.2, 0.25) is 0 Å². The van der Waals surface area contributed by atoms with Crippen LogP contribution in [-0.2, 0) is 4.74 Å². The maximum Gasteiger partial charge on any atom is 0.0819 e. The Labute approximate surface area is 121 Å². The Morgan fingerprint density at radius 2 is 1.65 bits per heavy atom. The fraction of sp³-hybridized carbons (Fsp3) is 0.647. The Balaban J connectivity index is 1.53. The van der Waals surface area contributed by atoms with Crippen molar-refractivity contribution in [2.75, 3.05) is 26.3 Å². The molecule has 1 N–H and O–H groups in total. The summed E-state index contributed by atoms with van der Waals surface area (Å²) in [7, 11) is 0. The normalized spacial score (nSPS) is 24.6. The van der Waals surface area contributed by atoms with Crippen LogP contribution in [0.5, 0.6) is 0 Å². The molecule has 0 aromatic heterocycles. The second-order valence-electron chi connectivity index (χ2n) is 6.07. The first kappa shape index (κ1) is 14.1. The predicted molar refractivity (Wildman–Crippen MR) is 79.5 cm³/mol. The summed E-state index contributed by atoms with van der Waals surface area (Å²) < 4.78 is 5.44. The second kappa shape index (κ2) is 6.70. The number of hydrogen-bond acceptors (Lipinski definition) is 3. The van der Waals surface area contributed by atoms with Gasteiger partial charge in [0.05, 0.1) is 6.10 Å². The number of aliphatic hydroxyl groups excluding tert-OH is 1. The van der Waals surface area contributed by atoms with E-state index in [1.165, 1.54) is 12.8 Å². The van der Waals surface area contributed by atoms with E-state index in [4.69, 9.17) is 4.74 Å². The summed E-state index contributed by atoms with van der Waals surface area (Å²) in [6.45, 7) is 4.08. The molecule has 2 aliphatic heterocycles. The van der Waals surface area contributed by atoms with Gasteiger partial charge in [-0.05, 0) is 50.3 Å². The lowest BCUT2D eigenvalue weighted by molar-refractivity contribution is 0.00264. The molecule has 2 heterocycles. The van der Waals surface area contributed by atoms with Gasteiger partial charge < -0.3 is 14.7 Å². The van der Waals surface area contributed by atoms with E-state index in [2.05, 4.69) is 4.90 Å². The van der Waals surface area contributed by atoms with Gasteiger partial charge in [-0.15, -0.1) is 0 Å². The zero-order valence-electron chi connectivity index (χ0n) is 12.1. The standard InChI is InChI=1S/C17H25NO2/c19-17(14-4-2-1-3-5-14)15-6-10-18(11-7-15)16-8-12-20-13-9-16/h1-5,15-17,19H,6-13H2. The summed E-state index contributed by atoms with van der Waals surface area (Å²) in [5, 5.41) is 10.5. The molecule has 110 valence electrons. The van der Waals surface area contributed by atoms with Gasteiger partial charge in [-0.25, -0.2) is 0 Å². The van der Waals surface area contributed by atoms with Crippen molar-refractivity contribution < 1.29 is 9.84 Å². The Morgan fingerprint density at radius 3 is 2.30 bits per heavy atom. The summed E-state index contributed by atoms with van der Waals surface area (Å²) in [6, 6.07) is 10.8. The third-order valence-electron chi connectivity index (χ3n) is 4.87. The van der Waals surface area contributed by atoms with Crippen LogP contribution in [-0.4, -0.2) is 42.4 Å². The monoisotopic (exact) mass is 275 g/mol. The van der Waals surface area contributed by atoms with Crippen molar-refractivity contribution in [1.82, 2.24) is 4.90 Å². The zero-order chi connectivity index (χ0) is 13.8. The third kappa shape index (κ3) is 3.22. The van der Waals surface area contributed by atoms with Crippen molar-refractivity contribution in [3.8, 4) is 0 Å². The van der Waals surface area contributed by atoms with Crippen LogP contribution in [0.3, 0.4) is 0 Å². The molecule has 2 fully saturated rings. The summed E-state index contributed by atoms with van der Waals surface area (Å²) in [6.07, 6.45) is 4.26. The largest absolute Gasteiger partial charge is 0.388 e. The van der Waals surface area contributed by atoms with E-state index in [0.717, 1.165) is 44.7 Å². The predicted octanol–water partition coefficient (Wildman–Crippen LogP) is 2.61. The highest BCUT2D eigenvalue weighted by Gasteiger charge is 2.29. The van der Waals surface area contributed by atoms with Crippen molar-refractivity contribution in [1.29, 1.82) is 0 Å². The first-order valence-corrected chi connectivity index (χ1v) is 7.89. The van der Waals surface area contributed by atoms with Crippen LogP contribution in [0.1, 0.15) is 37.4 Å². The molecule has 3 nitrogen and oxygen atoms in total. The number of hydrogen-bond donors (Lipinski definition) is 1. The Morgan fingerprint density at radius 1 is 1.00 bits per heavy atom. The maximum absolute atomic E-state index is 10.5. The molecule has 1 aromatic rings. The van der Waals surface area contributed by atoms with Crippen LogP contribution in [0, 0.1) is 5.92 Å². The van der Waals surface area contributed by atoms with Crippen LogP contribution in [0.25, 0.3) is 0 Å². The van der Waals surface area contributed by atoms with Crippen molar-refractivity contribution in [3.05, 3.63) is 35.9 Å². The van der Waals surface area contributed by atoms with Gasteiger partial charge in [0.25, 0.3) is 0 Å². The van der Waals surface area contributed by atoms with Gasteiger partial charge in [-0.2, -0.15) is 0 Å². The second-order valence-corrected chi connectivity index (χ2v) is 6.07. The quantitative estimate of drug-likeness (QED) is 0.920. The Kier molecular flexibility index (Phi) is 4.71. The summed E-state index contributed by atoms with van der Waals surface area (Å²) in [5.74, 6) is 0.411. The van der Waals surface area contributed by atoms with Crippen molar-refractivity contribution in [2.24, 2.45) is 5.92 Å². The molecule has 20 heavy (non-hydrogen) atoms. The van der Waals surface area contributed by atoms with E-state index in [1.807, 2.05) is 30.3 Å². The molecule has 2 aliphatic rings. The number of piperidine rings is 1. The molecule has 0 amide bonds. The summed E-state index contributed by atoms with van der Waals surface area (Å²) >= 11 is 0. The highest BCUT2D eigenvalue weighted by Crippen LogP contribution is 2.32. The van der Waals surface area contributed by atoms with Crippen molar-refractivity contribution in [3.63, 3.8) is 0 Å². The molecule has 1 atom stereocenters. The smallest absolute Gasteiger partial charge is 0.0819 e. The number of rotatable bonds is 3. The molecule has 3 rings (SSSR count). The lowest BCUT2D eigenvalue weighted by Crippen LogP contribution is -2.44. The lowest BCUT2D eigenvalue weighted by atomic mass is 9.86. The van der Waals surface area contributed by atoms with Gasteiger partial charge in [-0.3, -0.25) is 0 Å². The highest BCUT2D eigenvalue weighted by molar-refractivity contribution is 5.18. The number of aliphatic hydroxyl groups is 1. The van der Waals surface area contributed by atoms with Gasteiger partial charge in [0.2, 0.25) is 0 Å². The van der Waals surface area contributed by atoms with Crippen molar-refractivity contribution in [2.45, 2.75) is 37.8 Å². The average Bonchev–Trinajstić information content (AvgIpc) is 2.56. The molecule has 0 bridgehead atoms. The fourth-order valence-corrected chi connectivity index (χ4v) is 3.57. The van der Waals surface area contributed by atoms with Crippen LogP contribution < -0.4 is 0 Å². The maximum atomic E-state index is 10.5. The first-order valence-electron chi connectivity index (χ1n) is 7.89. The molecule has 1 unspecified atom stereocenters. The first-order chi connectivity index (χ1) is 9.84. The number of benzene rings is 1. The Hall–Kier alpha value is -0.900. The molecule has 0 saturated carbocycles.